The molecular formula is C12H17N5O2. The Morgan fingerprint density at radius 2 is 2.26 bits per heavy atom. The summed E-state index contributed by atoms with van der Waals surface area (Å²) >= 11 is 0. The van der Waals surface area contributed by atoms with Gasteiger partial charge in [0.25, 0.3) is 5.91 Å². The number of rotatable bonds is 1. The van der Waals surface area contributed by atoms with Crippen molar-refractivity contribution in [2.75, 3.05) is 42.8 Å². The van der Waals surface area contributed by atoms with Crippen LogP contribution in [0.25, 0.3) is 0 Å². The fourth-order valence-electron chi connectivity index (χ4n) is 2.64. The van der Waals surface area contributed by atoms with Gasteiger partial charge in [0.15, 0.2) is 5.82 Å². The number of carbonyl (C=O) groups is 1. The maximum Gasteiger partial charge on any atom is 0.252 e. The molecule has 7 heteroatoms. The zero-order valence-corrected chi connectivity index (χ0v) is 11.3. The second kappa shape index (κ2) is 4.06. The van der Waals surface area contributed by atoms with Crippen LogP contribution in [-0.4, -0.2) is 48.7 Å². The van der Waals surface area contributed by atoms with Crippen LogP contribution < -0.4 is 15.5 Å². The smallest absolute Gasteiger partial charge is 0.252 e. The van der Waals surface area contributed by atoms with Crippen LogP contribution >= 0.6 is 0 Å². The van der Waals surface area contributed by atoms with Crippen molar-refractivity contribution in [1.29, 1.82) is 0 Å². The van der Waals surface area contributed by atoms with Gasteiger partial charge in [-0.15, -0.1) is 0 Å². The summed E-state index contributed by atoms with van der Waals surface area (Å²) in [6.45, 7) is 2.85. The van der Waals surface area contributed by atoms with Crippen molar-refractivity contribution in [2.45, 2.75) is 18.9 Å². The Labute approximate surface area is 111 Å². The van der Waals surface area contributed by atoms with E-state index in [4.69, 9.17) is 4.74 Å². The number of nitrogens with one attached hydrogen (secondary N) is 2. The molecule has 0 bridgehead atoms. The lowest BCUT2D eigenvalue weighted by Crippen LogP contribution is -2.59. The van der Waals surface area contributed by atoms with Gasteiger partial charge in [-0.1, -0.05) is 0 Å². The average molecular weight is 263 g/mol. The lowest BCUT2D eigenvalue weighted by atomic mass is 9.93. The molecule has 1 spiro atoms. The number of nitrogens with zero attached hydrogens (tertiary/aromatic N) is 3. The summed E-state index contributed by atoms with van der Waals surface area (Å²) in [5.74, 6) is 1.25. The molecule has 7 nitrogen and oxygen atoms in total. The van der Waals surface area contributed by atoms with E-state index in [1.165, 1.54) is 0 Å². The van der Waals surface area contributed by atoms with Gasteiger partial charge in [-0.2, -0.15) is 4.98 Å². The van der Waals surface area contributed by atoms with E-state index in [2.05, 4.69) is 20.6 Å². The number of likely N-dealkylation sites (N-methyl/N-ethyl adjacent to an activating group) is 1. The van der Waals surface area contributed by atoms with Crippen molar-refractivity contribution in [3.05, 3.63) is 5.69 Å². The Morgan fingerprint density at radius 1 is 1.47 bits per heavy atom. The van der Waals surface area contributed by atoms with Crippen LogP contribution in [0, 0.1) is 6.92 Å². The third kappa shape index (κ3) is 1.58. The highest BCUT2D eigenvalue weighted by molar-refractivity contribution is 6.06. The number of carbonyl (C=O) groups excluding carboxylic acids is 1. The normalized spacial score (nSPS) is 25.4. The summed E-state index contributed by atoms with van der Waals surface area (Å²) in [5.41, 5.74) is 0.797. The molecule has 1 atom stereocenters. The summed E-state index contributed by atoms with van der Waals surface area (Å²) in [4.78, 5) is 23.1. The van der Waals surface area contributed by atoms with E-state index >= 15 is 0 Å². The Kier molecular flexibility index (Phi) is 2.60. The largest absolute Gasteiger partial charge is 0.378 e. The Balaban J connectivity index is 2.13. The first-order valence-electron chi connectivity index (χ1n) is 6.28. The summed E-state index contributed by atoms with van der Waals surface area (Å²) in [5, 5.41) is 5.87. The van der Waals surface area contributed by atoms with Crippen LogP contribution in [0.5, 0.6) is 0 Å². The van der Waals surface area contributed by atoms with Gasteiger partial charge in [-0.05, 0) is 6.92 Å². The number of fused-ring (bicyclic) bond motifs is 1. The van der Waals surface area contributed by atoms with Crippen molar-refractivity contribution < 1.29 is 9.53 Å². The fraction of sp³-hybridized carbons (Fsp3) is 0.583. The van der Waals surface area contributed by atoms with Gasteiger partial charge in [-0.25, -0.2) is 4.98 Å². The average Bonchev–Trinajstić information content (AvgIpc) is 2.88. The lowest BCUT2D eigenvalue weighted by molar-refractivity contribution is -0.121. The molecule has 3 heterocycles. The minimum atomic E-state index is -0.640. The molecule has 1 amide bonds. The molecule has 102 valence electrons. The van der Waals surface area contributed by atoms with Crippen molar-refractivity contribution in [3.8, 4) is 0 Å². The van der Waals surface area contributed by atoms with Crippen LogP contribution in [0.3, 0.4) is 0 Å². The van der Waals surface area contributed by atoms with Gasteiger partial charge in [0.05, 0.1) is 12.3 Å². The van der Waals surface area contributed by atoms with Gasteiger partial charge in [0.2, 0.25) is 5.95 Å². The number of ether oxygens (including phenoxy) is 1. The van der Waals surface area contributed by atoms with E-state index in [9.17, 15) is 4.79 Å². The number of hydrogen-bond acceptors (Lipinski definition) is 6. The first-order chi connectivity index (χ1) is 9.08. The van der Waals surface area contributed by atoms with E-state index in [-0.39, 0.29) is 5.91 Å². The van der Waals surface area contributed by atoms with Crippen molar-refractivity contribution in [2.24, 2.45) is 0 Å². The predicted molar refractivity (Wildman–Crippen MR) is 71.5 cm³/mol. The number of aromatic nitrogens is 2. The second-order valence-corrected chi connectivity index (χ2v) is 4.93. The fourth-order valence-corrected chi connectivity index (χ4v) is 2.64. The standard InChI is InChI=1S/C12H17N5O2/c1-7-8-9(16-11(13-2)14-7)17(3)12(10(18)15-8)4-5-19-6-12/h4-6H2,1-3H3,(H,15,18)(H,13,14,16)/t12-/m0/s1. The highest BCUT2D eigenvalue weighted by Crippen LogP contribution is 2.39. The van der Waals surface area contributed by atoms with Crippen LogP contribution in [0.1, 0.15) is 12.1 Å². The first-order valence-corrected chi connectivity index (χ1v) is 6.28. The van der Waals surface area contributed by atoms with Crippen molar-refractivity contribution in [1.82, 2.24) is 9.97 Å². The topological polar surface area (TPSA) is 79.4 Å². The number of anilines is 3. The number of aryl methyl sites for hydroxylation is 1. The maximum atomic E-state index is 12.4. The molecule has 2 aliphatic heterocycles. The molecule has 2 N–H and O–H groups in total. The Morgan fingerprint density at radius 3 is 2.89 bits per heavy atom. The molecule has 0 radical (unpaired) electrons. The van der Waals surface area contributed by atoms with E-state index in [0.29, 0.717) is 31.3 Å². The molecule has 1 fully saturated rings. The second-order valence-electron chi connectivity index (χ2n) is 4.93. The van der Waals surface area contributed by atoms with E-state index in [0.717, 1.165) is 11.5 Å². The summed E-state index contributed by atoms with van der Waals surface area (Å²) in [6.07, 6.45) is 0.673. The Hall–Kier alpha value is -1.89. The molecule has 0 unspecified atom stereocenters. The molecule has 0 aromatic carbocycles. The highest BCUT2D eigenvalue weighted by atomic mass is 16.5. The first kappa shape index (κ1) is 12.2. The third-order valence-electron chi connectivity index (χ3n) is 3.92. The molecule has 0 saturated carbocycles. The number of hydrogen-bond donors (Lipinski definition) is 2. The lowest BCUT2D eigenvalue weighted by Gasteiger charge is -2.41. The zero-order valence-electron chi connectivity index (χ0n) is 11.3. The predicted octanol–water partition coefficient (Wildman–Crippen LogP) is 0.374. The van der Waals surface area contributed by atoms with Gasteiger partial charge in [0, 0.05) is 27.1 Å². The van der Waals surface area contributed by atoms with Crippen LogP contribution in [0.15, 0.2) is 0 Å². The molecule has 0 aliphatic carbocycles. The van der Waals surface area contributed by atoms with Gasteiger partial charge >= 0.3 is 0 Å². The van der Waals surface area contributed by atoms with E-state index in [1.807, 2.05) is 18.9 Å². The molecule has 2 aliphatic rings. The minimum absolute atomic E-state index is 0.0380. The van der Waals surface area contributed by atoms with Gasteiger partial charge in [-0.3, -0.25) is 4.79 Å². The van der Waals surface area contributed by atoms with E-state index in [1.54, 1.807) is 7.05 Å². The maximum absolute atomic E-state index is 12.4. The monoisotopic (exact) mass is 263 g/mol. The number of amides is 1. The highest BCUT2D eigenvalue weighted by Gasteiger charge is 2.50. The molecule has 1 aromatic heterocycles. The summed E-state index contributed by atoms with van der Waals surface area (Å²) < 4.78 is 5.42. The summed E-state index contributed by atoms with van der Waals surface area (Å²) in [6, 6.07) is 0. The SMILES string of the molecule is CNc1nc(C)c2c(n1)N(C)[C@]1(CCOC1)C(=O)N2. The van der Waals surface area contributed by atoms with Crippen LogP contribution in [0.4, 0.5) is 17.5 Å². The molecule has 3 rings (SSSR count). The quantitative estimate of drug-likeness (QED) is 0.762. The Bertz CT molecular complexity index is 539. The zero-order chi connectivity index (χ0) is 13.6. The molecular weight excluding hydrogens is 246 g/mol. The minimum Gasteiger partial charge on any atom is -0.378 e. The molecule has 19 heavy (non-hydrogen) atoms. The van der Waals surface area contributed by atoms with Crippen LogP contribution in [-0.2, 0) is 9.53 Å². The van der Waals surface area contributed by atoms with Gasteiger partial charge in [0.1, 0.15) is 11.2 Å². The van der Waals surface area contributed by atoms with Crippen LogP contribution in [0.2, 0.25) is 0 Å². The third-order valence-corrected chi connectivity index (χ3v) is 3.92. The van der Waals surface area contributed by atoms with E-state index < -0.39 is 5.54 Å². The molecule has 1 aromatic rings. The summed E-state index contributed by atoms with van der Waals surface area (Å²) in [7, 11) is 3.66. The van der Waals surface area contributed by atoms with Crippen molar-refractivity contribution in [3.63, 3.8) is 0 Å². The van der Waals surface area contributed by atoms with Crippen molar-refractivity contribution >= 4 is 23.4 Å². The van der Waals surface area contributed by atoms with Gasteiger partial charge < -0.3 is 20.3 Å². The molecule has 1 saturated heterocycles.